The summed E-state index contributed by atoms with van der Waals surface area (Å²) in [7, 11) is 0. The first-order valence-electron chi connectivity index (χ1n) is 5.94. The van der Waals surface area contributed by atoms with Gasteiger partial charge in [0.15, 0.2) is 0 Å². The van der Waals surface area contributed by atoms with E-state index in [1.165, 1.54) is 0 Å². The predicted molar refractivity (Wildman–Crippen MR) is 66.3 cm³/mol. The zero-order chi connectivity index (χ0) is 13.1. The Balaban J connectivity index is 1.95. The van der Waals surface area contributed by atoms with Crippen LogP contribution in [0.3, 0.4) is 0 Å². The van der Waals surface area contributed by atoms with Crippen LogP contribution in [0.25, 0.3) is 0 Å². The van der Waals surface area contributed by atoms with Gasteiger partial charge >= 0.3 is 0 Å². The van der Waals surface area contributed by atoms with Crippen LogP contribution in [0, 0.1) is 6.92 Å². The van der Waals surface area contributed by atoms with Crippen LogP contribution in [0.2, 0.25) is 0 Å². The van der Waals surface area contributed by atoms with E-state index in [1.54, 1.807) is 25.1 Å². The molecule has 1 unspecified atom stereocenters. The molecule has 2 amide bonds. The molecule has 1 aliphatic heterocycles. The summed E-state index contributed by atoms with van der Waals surface area (Å²) in [4.78, 5) is 22.9. The van der Waals surface area contributed by atoms with E-state index in [1.807, 2.05) is 0 Å². The maximum atomic E-state index is 11.9. The molecule has 1 heterocycles. The summed E-state index contributed by atoms with van der Waals surface area (Å²) in [6, 6.07) is 4.86. The Morgan fingerprint density at radius 1 is 1.56 bits per heavy atom. The maximum absolute atomic E-state index is 11.9. The van der Waals surface area contributed by atoms with E-state index in [0.717, 1.165) is 6.42 Å². The Morgan fingerprint density at radius 2 is 2.33 bits per heavy atom. The van der Waals surface area contributed by atoms with Crippen molar-refractivity contribution in [2.75, 3.05) is 6.54 Å². The van der Waals surface area contributed by atoms with E-state index in [-0.39, 0.29) is 23.6 Å². The van der Waals surface area contributed by atoms with Gasteiger partial charge in [-0.05, 0) is 25.5 Å². The molecule has 2 rings (SSSR count). The number of phenolic OH excluding ortho intramolecular Hbond substituents is 1. The summed E-state index contributed by atoms with van der Waals surface area (Å²) >= 11 is 0. The highest BCUT2D eigenvalue weighted by Gasteiger charge is 2.21. The first-order chi connectivity index (χ1) is 8.58. The molecule has 0 bridgehead atoms. The van der Waals surface area contributed by atoms with Crippen molar-refractivity contribution < 1.29 is 14.7 Å². The van der Waals surface area contributed by atoms with Crippen LogP contribution < -0.4 is 10.6 Å². The molecule has 0 radical (unpaired) electrons. The van der Waals surface area contributed by atoms with Crippen LogP contribution in [-0.4, -0.2) is 29.5 Å². The molecular weight excluding hydrogens is 232 g/mol. The number of carbonyl (C=O) groups is 2. The van der Waals surface area contributed by atoms with Crippen LogP contribution >= 0.6 is 0 Å². The van der Waals surface area contributed by atoms with Gasteiger partial charge in [-0.2, -0.15) is 0 Å². The number of hydrogen-bond donors (Lipinski definition) is 3. The second-order valence-electron chi connectivity index (χ2n) is 4.46. The first kappa shape index (κ1) is 12.4. The van der Waals surface area contributed by atoms with Gasteiger partial charge in [0, 0.05) is 30.1 Å². The molecule has 18 heavy (non-hydrogen) atoms. The number of amides is 2. The zero-order valence-corrected chi connectivity index (χ0v) is 10.2. The highest BCUT2D eigenvalue weighted by molar-refractivity contribution is 5.96. The summed E-state index contributed by atoms with van der Waals surface area (Å²) in [6.45, 7) is 2.11. The average molecular weight is 248 g/mol. The predicted octanol–water partition coefficient (Wildman–Crippen LogP) is 0.709. The molecular formula is C13H16N2O3. The SMILES string of the molecule is Cc1c(O)cccc1C(=O)NCC1CCC(=O)N1. The lowest BCUT2D eigenvalue weighted by molar-refractivity contribution is -0.119. The molecule has 1 aromatic carbocycles. The molecule has 5 heteroatoms. The molecule has 0 spiro atoms. The summed E-state index contributed by atoms with van der Waals surface area (Å²) in [5.41, 5.74) is 1.02. The molecule has 1 atom stereocenters. The van der Waals surface area contributed by atoms with E-state index in [0.29, 0.717) is 24.1 Å². The smallest absolute Gasteiger partial charge is 0.251 e. The molecule has 3 N–H and O–H groups in total. The highest BCUT2D eigenvalue weighted by Crippen LogP contribution is 2.19. The summed E-state index contributed by atoms with van der Waals surface area (Å²) < 4.78 is 0. The average Bonchev–Trinajstić information content (AvgIpc) is 2.76. The maximum Gasteiger partial charge on any atom is 0.251 e. The van der Waals surface area contributed by atoms with Gasteiger partial charge in [0.2, 0.25) is 5.91 Å². The van der Waals surface area contributed by atoms with E-state index < -0.39 is 0 Å². The third kappa shape index (κ3) is 2.61. The molecule has 1 saturated heterocycles. The van der Waals surface area contributed by atoms with Gasteiger partial charge in [0.1, 0.15) is 5.75 Å². The largest absolute Gasteiger partial charge is 0.508 e. The van der Waals surface area contributed by atoms with Crippen molar-refractivity contribution in [3.8, 4) is 5.75 Å². The van der Waals surface area contributed by atoms with Gasteiger partial charge in [-0.1, -0.05) is 6.07 Å². The number of hydrogen-bond acceptors (Lipinski definition) is 3. The Hall–Kier alpha value is -2.04. The van der Waals surface area contributed by atoms with E-state index in [2.05, 4.69) is 10.6 Å². The summed E-state index contributed by atoms with van der Waals surface area (Å²) in [6.07, 6.45) is 1.27. The lowest BCUT2D eigenvalue weighted by Crippen LogP contribution is -2.38. The van der Waals surface area contributed by atoms with Gasteiger partial charge in [0.05, 0.1) is 0 Å². The van der Waals surface area contributed by atoms with Crippen LogP contribution in [-0.2, 0) is 4.79 Å². The minimum absolute atomic E-state index is 0.0130. The van der Waals surface area contributed by atoms with Crippen molar-refractivity contribution in [2.45, 2.75) is 25.8 Å². The van der Waals surface area contributed by atoms with Crippen molar-refractivity contribution in [2.24, 2.45) is 0 Å². The molecule has 1 fully saturated rings. The fourth-order valence-electron chi connectivity index (χ4n) is 2.01. The fraction of sp³-hybridized carbons (Fsp3) is 0.385. The number of carbonyl (C=O) groups excluding carboxylic acids is 2. The van der Waals surface area contributed by atoms with Gasteiger partial charge in [-0.25, -0.2) is 0 Å². The lowest BCUT2D eigenvalue weighted by Gasteiger charge is -2.12. The number of benzene rings is 1. The Kier molecular flexibility index (Phi) is 3.50. The van der Waals surface area contributed by atoms with Crippen LogP contribution in [0.15, 0.2) is 18.2 Å². The fourth-order valence-corrected chi connectivity index (χ4v) is 2.01. The standard InChI is InChI=1S/C13H16N2O3/c1-8-10(3-2-4-11(8)16)13(18)14-7-9-5-6-12(17)15-9/h2-4,9,16H,5-7H2,1H3,(H,14,18)(H,15,17). The van der Waals surface area contributed by atoms with Crippen LogP contribution in [0.5, 0.6) is 5.75 Å². The molecule has 5 nitrogen and oxygen atoms in total. The van der Waals surface area contributed by atoms with Gasteiger partial charge in [-0.15, -0.1) is 0 Å². The molecule has 1 aliphatic rings. The summed E-state index contributed by atoms with van der Waals surface area (Å²) in [5.74, 6) is -0.0934. The zero-order valence-electron chi connectivity index (χ0n) is 10.2. The number of phenols is 1. The number of rotatable bonds is 3. The summed E-state index contributed by atoms with van der Waals surface area (Å²) in [5, 5.41) is 15.1. The van der Waals surface area contributed by atoms with E-state index in [9.17, 15) is 14.7 Å². The van der Waals surface area contributed by atoms with Gasteiger partial charge < -0.3 is 15.7 Å². The van der Waals surface area contributed by atoms with Crippen molar-refractivity contribution in [3.05, 3.63) is 29.3 Å². The minimum atomic E-state index is -0.232. The van der Waals surface area contributed by atoms with E-state index >= 15 is 0 Å². The molecule has 96 valence electrons. The Morgan fingerprint density at radius 3 is 3.00 bits per heavy atom. The van der Waals surface area contributed by atoms with Crippen molar-refractivity contribution >= 4 is 11.8 Å². The lowest BCUT2D eigenvalue weighted by atomic mass is 10.1. The van der Waals surface area contributed by atoms with E-state index in [4.69, 9.17) is 0 Å². The Bertz CT molecular complexity index is 485. The molecule has 0 aliphatic carbocycles. The van der Waals surface area contributed by atoms with Crippen molar-refractivity contribution in [1.82, 2.24) is 10.6 Å². The number of aromatic hydroxyl groups is 1. The third-order valence-corrected chi connectivity index (χ3v) is 3.14. The second-order valence-corrected chi connectivity index (χ2v) is 4.46. The van der Waals surface area contributed by atoms with Gasteiger partial charge in [0.25, 0.3) is 5.91 Å². The molecule has 0 saturated carbocycles. The molecule has 1 aromatic rings. The highest BCUT2D eigenvalue weighted by atomic mass is 16.3. The minimum Gasteiger partial charge on any atom is -0.508 e. The second kappa shape index (κ2) is 5.08. The van der Waals surface area contributed by atoms with Crippen LogP contribution in [0.4, 0.5) is 0 Å². The third-order valence-electron chi connectivity index (χ3n) is 3.14. The van der Waals surface area contributed by atoms with Crippen LogP contribution in [0.1, 0.15) is 28.8 Å². The van der Waals surface area contributed by atoms with Gasteiger partial charge in [-0.3, -0.25) is 9.59 Å². The quantitative estimate of drug-likeness (QED) is 0.737. The number of nitrogens with one attached hydrogen (secondary N) is 2. The Labute approximate surface area is 105 Å². The van der Waals surface area contributed by atoms with Crippen molar-refractivity contribution in [1.29, 1.82) is 0 Å². The normalized spacial score (nSPS) is 18.5. The monoisotopic (exact) mass is 248 g/mol. The molecule has 0 aromatic heterocycles. The first-order valence-corrected chi connectivity index (χ1v) is 5.94. The van der Waals surface area contributed by atoms with Crippen molar-refractivity contribution in [3.63, 3.8) is 0 Å². The topological polar surface area (TPSA) is 78.4 Å².